The zero-order chi connectivity index (χ0) is 9.68. The molecule has 0 aromatic heterocycles. The van der Waals surface area contributed by atoms with E-state index < -0.39 is 0 Å². The van der Waals surface area contributed by atoms with Gasteiger partial charge in [0.25, 0.3) is 0 Å². The zero-order valence-electron chi connectivity index (χ0n) is 8.60. The van der Waals surface area contributed by atoms with E-state index in [-0.39, 0.29) is 11.9 Å². The van der Waals surface area contributed by atoms with Crippen LogP contribution in [0.2, 0.25) is 0 Å². The van der Waals surface area contributed by atoms with Gasteiger partial charge in [-0.05, 0) is 31.7 Å². The van der Waals surface area contributed by atoms with Gasteiger partial charge >= 0.3 is 0 Å². The molecule has 3 heteroatoms. The molecule has 0 unspecified atom stereocenters. The van der Waals surface area contributed by atoms with E-state index in [1.807, 2.05) is 0 Å². The average molecular weight is 184 g/mol. The van der Waals surface area contributed by atoms with Crippen molar-refractivity contribution in [3.8, 4) is 0 Å². The lowest BCUT2D eigenvalue weighted by molar-refractivity contribution is -0.122. The van der Waals surface area contributed by atoms with Crippen LogP contribution in [0.15, 0.2) is 0 Å². The van der Waals surface area contributed by atoms with Gasteiger partial charge in [0.2, 0.25) is 5.91 Å². The number of hydrogen-bond acceptors (Lipinski definition) is 2. The SMILES string of the molecule is CC(C)CCNC(=O)[C@@H]1CCCN1. The van der Waals surface area contributed by atoms with Gasteiger partial charge in [0.05, 0.1) is 6.04 Å². The molecule has 0 spiro atoms. The highest BCUT2D eigenvalue weighted by Crippen LogP contribution is 2.04. The Hall–Kier alpha value is -0.570. The summed E-state index contributed by atoms with van der Waals surface area (Å²) in [4.78, 5) is 11.5. The maximum atomic E-state index is 11.5. The molecule has 1 fully saturated rings. The van der Waals surface area contributed by atoms with Gasteiger partial charge in [0, 0.05) is 6.54 Å². The van der Waals surface area contributed by atoms with Crippen LogP contribution in [-0.2, 0) is 4.79 Å². The number of amides is 1. The topological polar surface area (TPSA) is 41.1 Å². The van der Waals surface area contributed by atoms with Crippen molar-refractivity contribution in [1.29, 1.82) is 0 Å². The third-order valence-corrected chi connectivity index (χ3v) is 2.40. The fraction of sp³-hybridized carbons (Fsp3) is 0.900. The van der Waals surface area contributed by atoms with Crippen LogP contribution in [0.4, 0.5) is 0 Å². The molecule has 0 bridgehead atoms. The van der Waals surface area contributed by atoms with E-state index in [4.69, 9.17) is 0 Å². The van der Waals surface area contributed by atoms with Gasteiger partial charge in [0.1, 0.15) is 0 Å². The van der Waals surface area contributed by atoms with Gasteiger partial charge < -0.3 is 10.6 Å². The Bertz CT molecular complexity index is 162. The number of carbonyl (C=O) groups is 1. The fourth-order valence-corrected chi connectivity index (χ4v) is 1.52. The second-order valence-corrected chi connectivity index (χ2v) is 4.12. The summed E-state index contributed by atoms with van der Waals surface area (Å²) in [7, 11) is 0. The molecule has 1 amide bonds. The molecule has 0 aromatic carbocycles. The minimum Gasteiger partial charge on any atom is -0.355 e. The van der Waals surface area contributed by atoms with Crippen molar-refractivity contribution in [2.45, 2.75) is 39.2 Å². The van der Waals surface area contributed by atoms with Gasteiger partial charge in [-0.1, -0.05) is 13.8 Å². The van der Waals surface area contributed by atoms with E-state index >= 15 is 0 Å². The molecular weight excluding hydrogens is 164 g/mol. The molecule has 1 saturated heterocycles. The van der Waals surface area contributed by atoms with E-state index in [0.29, 0.717) is 5.92 Å². The first-order chi connectivity index (χ1) is 6.20. The summed E-state index contributed by atoms with van der Waals surface area (Å²) in [6.45, 7) is 6.14. The second-order valence-electron chi connectivity index (χ2n) is 4.12. The first-order valence-electron chi connectivity index (χ1n) is 5.21. The molecule has 13 heavy (non-hydrogen) atoms. The smallest absolute Gasteiger partial charge is 0.237 e. The summed E-state index contributed by atoms with van der Waals surface area (Å²) in [5, 5.41) is 6.14. The highest BCUT2D eigenvalue weighted by atomic mass is 16.2. The van der Waals surface area contributed by atoms with Gasteiger partial charge in [-0.3, -0.25) is 4.79 Å². The molecule has 0 radical (unpaired) electrons. The van der Waals surface area contributed by atoms with Crippen LogP contribution in [-0.4, -0.2) is 25.0 Å². The number of nitrogens with one attached hydrogen (secondary N) is 2. The molecule has 3 nitrogen and oxygen atoms in total. The molecular formula is C10H20N2O. The first kappa shape index (κ1) is 10.5. The van der Waals surface area contributed by atoms with E-state index in [2.05, 4.69) is 24.5 Å². The van der Waals surface area contributed by atoms with Crippen molar-refractivity contribution in [2.24, 2.45) is 5.92 Å². The highest BCUT2D eigenvalue weighted by Gasteiger charge is 2.20. The van der Waals surface area contributed by atoms with Crippen LogP contribution < -0.4 is 10.6 Å². The largest absolute Gasteiger partial charge is 0.355 e. The van der Waals surface area contributed by atoms with E-state index in [9.17, 15) is 4.79 Å². The number of hydrogen-bond donors (Lipinski definition) is 2. The quantitative estimate of drug-likeness (QED) is 0.681. The lowest BCUT2D eigenvalue weighted by atomic mass is 10.1. The van der Waals surface area contributed by atoms with E-state index in [0.717, 1.165) is 32.4 Å². The Labute approximate surface area is 80.3 Å². The van der Waals surface area contributed by atoms with E-state index in [1.54, 1.807) is 0 Å². The summed E-state index contributed by atoms with van der Waals surface area (Å²) in [5.41, 5.74) is 0. The Morgan fingerprint density at radius 3 is 2.92 bits per heavy atom. The standard InChI is InChI=1S/C10H20N2O/c1-8(2)5-7-12-10(13)9-4-3-6-11-9/h8-9,11H,3-7H2,1-2H3,(H,12,13)/t9-/m0/s1. The zero-order valence-corrected chi connectivity index (χ0v) is 8.60. The van der Waals surface area contributed by atoms with Crippen molar-refractivity contribution in [1.82, 2.24) is 10.6 Å². The summed E-state index contributed by atoms with van der Waals surface area (Å²) < 4.78 is 0. The summed E-state index contributed by atoms with van der Waals surface area (Å²) in [6, 6.07) is 0.0761. The monoisotopic (exact) mass is 184 g/mol. The van der Waals surface area contributed by atoms with Crippen LogP contribution >= 0.6 is 0 Å². The molecule has 1 aliphatic heterocycles. The molecule has 1 heterocycles. The van der Waals surface area contributed by atoms with Crippen molar-refractivity contribution >= 4 is 5.91 Å². The van der Waals surface area contributed by atoms with Crippen LogP contribution in [0.25, 0.3) is 0 Å². The number of carbonyl (C=O) groups excluding carboxylic acids is 1. The summed E-state index contributed by atoms with van der Waals surface area (Å²) >= 11 is 0. The van der Waals surface area contributed by atoms with Gasteiger partial charge in [-0.2, -0.15) is 0 Å². The maximum absolute atomic E-state index is 11.5. The Morgan fingerprint density at radius 2 is 2.38 bits per heavy atom. The Balaban J connectivity index is 2.10. The molecule has 0 aromatic rings. The summed E-state index contributed by atoms with van der Waals surface area (Å²) in [5.74, 6) is 0.843. The minimum absolute atomic E-state index is 0.0761. The lowest BCUT2D eigenvalue weighted by Crippen LogP contribution is -2.40. The Kier molecular flexibility index (Phi) is 4.22. The third-order valence-electron chi connectivity index (χ3n) is 2.40. The predicted molar refractivity (Wildman–Crippen MR) is 53.5 cm³/mol. The van der Waals surface area contributed by atoms with Crippen molar-refractivity contribution < 1.29 is 4.79 Å². The van der Waals surface area contributed by atoms with Gasteiger partial charge in [0.15, 0.2) is 0 Å². The third kappa shape index (κ3) is 3.77. The lowest BCUT2D eigenvalue weighted by Gasteiger charge is -2.11. The fourth-order valence-electron chi connectivity index (χ4n) is 1.52. The second kappa shape index (κ2) is 5.22. The first-order valence-corrected chi connectivity index (χ1v) is 5.21. The molecule has 0 aliphatic carbocycles. The van der Waals surface area contributed by atoms with Gasteiger partial charge in [-0.25, -0.2) is 0 Å². The maximum Gasteiger partial charge on any atom is 0.237 e. The summed E-state index contributed by atoms with van der Waals surface area (Å²) in [6.07, 6.45) is 3.19. The minimum atomic E-state index is 0.0761. The molecule has 2 N–H and O–H groups in total. The van der Waals surface area contributed by atoms with Crippen LogP contribution in [0.5, 0.6) is 0 Å². The van der Waals surface area contributed by atoms with Crippen LogP contribution in [0.3, 0.4) is 0 Å². The highest BCUT2D eigenvalue weighted by molar-refractivity contribution is 5.81. The van der Waals surface area contributed by atoms with Crippen LogP contribution in [0.1, 0.15) is 33.1 Å². The molecule has 76 valence electrons. The van der Waals surface area contributed by atoms with Crippen LogP contribution in [0, 0.1) is 5.92 Å². The van der Waals surface area contributed by atoms with Crippen molar-refractivity contribution in [2.75, 3.05) is 13.1 Å². The van der Waals surface area contributed by atoms with Crippen molar-refractivity contribution in [3.05, 3.63) is 0 Å². The van der Waals surface area contributed by atoms with E-state index in [1.165, 1.54) is 0 Å². The molecule has 1 rings (SSSR count). The normalized spacial score (nSPS) is 22.2. The Morgan fingerprint density at radius 1 is 1.62 bits per heavy atom. The van der Waals surface area contributed by atoms with Gasteiger partial charge in [-0.15, -0.1) is 0 Å². The molecule has 1 atom stereocenters. The number of rotatable bonds is 4. The molecule has 0 saturated carbocycles. The average Bonchev–Trinajstić information content (AvgIpc) is 2.55. The van der Waals surface area contributed by atoms with Crippen molar-refractivity contribution in [3.63, 3.8) is 0 Å². The molecule has 1 aliphatic rings. The predicted octanol–water partition coefficient (Wildman–Crippen LogP) is 0.901.